The van der Waals surface area contributed by atoms with Crippen molar-refractivity contribution in [2.24, 2.45) is 5.92 Å². The van der Waals surface area contributed by atoms with E-state index in [0.717, 1.165) is 29.5 Å². The van der Waals surface area contributed by atoms with E-state index in [4.69, 9.17) is 10.2 Å². The first-order valence-electron chi connectivity index (χ1n) is 10.0. The fourth-order valence-corrected chi connectivity index (χ4v) is 3.96. The van der Waals surface area contributed by atoms with E-state index in [1.807, 2.05) is 18.2 Å². The van der Waals surface area contributed by atoms with Gasteiger partial charge in [0.25, 0.3) is 0 Å². The highest BCUT2D eigenvalue weighted by molar-refractivity contribution is 6.39. The molecular weight excluding hydrogens is 382 g/mol. The summed E-state index contributed by atoms with van der Waals surface area (Å²) in [6, 6.07) is 7.27. The number of hydrogen-bond acceptors (Lipinski definition) is 6. The van der Waals surface area contributed by atoms with Gasteiger partial charge in [0.05, 0.1) is 17.9 Å². The minimum Gasteiger partial charge on any atom is -0.441 e. The first kappa shape index (κ1) is 19.9. The smallest absolute Gasteiger partial charge is 0.313 e. The molecule has 1 fully saturated rings. The zero-order valence-electron chi connectivity index (χ0n) is 17.3. The van der Waals surface area contributed by atoms with Gasteiger partial charge in [-0.15, -0.1) is 0 Å². The minimum absolute atomic E-state index is 0.188. The van der Waals surface area contributed by atoms with Crippen LogP contribution in [-0.2, 0) is 9.59 Å². The Bertz CT molecular complexity index is 1120. The summed E-state index contributed by atoms with van der Waals surface area (Å²) in [6.45, 7) is 6.21. The van der Waals surface area contributed by atoms with Gasteiger partial charge in [0.2, 0.25) is 0 Å². The number of pyridine rings is 1. The van der Waals surface area contributed by atoms with Crippen LogP contribution in [0.3, 0.4) is 0 Å². The van der Waals surface area contributed by atoms with E-state index in [2.05, 4.69) is 22.2 Å². The van der Waals surface area contributed by atoms with Crippen LogP contribution >= 0.6 is 0 Å². The molecule has 30 heavy (non-hydrogen) atoms. The van der Waals surface area contributed by atoms with Gasteiger partial charge in [-0.1, -0.05) is 13.0 Å². The number of nitrogens with one attached hydrogen (secondary N) is 1. The van der Waals surface area contributed by atoms with Gasteiger partial charge >= 0.3 is 11.8 Å². The highest BCUT2D eigenvalue weighted by atomic mass is 16.3. The summed E-state index contributed by atoms with van der Waals surface area (Å²) in [5, 5.41) is 2.65. The molecule has 1 aliphatic rings. The molecule has 8 nitrogen and oxygen atoms in total. The Balaban J connectivity index is 1.58. The average Bonchev–Trinajstić information content (AvgIpc) is 3.09. The summed E-state index contributed by atoms with van der Waals surface area (Å²) in [5.74, 6) is 0.0641. The molecule has 1 aromatic carbocycles. The van der Waals surface area contributed by atoms with E-state index >= 15 is 0 Å². The average molecular weight is 407 g/mol. The molecule has 1 saturated heterocycles. The Morgan fingerprint density at radius 3 is 2.80 bits per heavy atom. The predicted octanol–water partition coefficient (Wildman–Crippen LogP) is 3.36. The number of carbonyl (C=O) groups excluding carboxylic acids is 2. The van der Waals surface area contributed by atoms with Gasteiger partial charge in [0, 0.05) is 13.5 Å². The predicted molar refractivity (Wildman–Crippen MR) is 114 cm³/mol. The minimum atomic E-state index is -0.682. The van der Waals surface area contributed by atoms with Crippen molar-refractivity contribution in [1.82, 2.24) is 14.9 Å². The summed E-state index contributed by atoms with van der Waals surface area (Å²) >= 11 is 0. The molecule has 0 unspecified atom stereocenters. The Hall–Kier alpha value is -3.42. The third-order valence-electron chi connectivity index (χ3n) is 5.55. The largest absolute Gasteiger partial charge is 0.441 e. The third-order valence-corrected chi connectivity index (χ3v) is 5.55. The monoisotopic (exact) mass is 407 g/mol. The van der Waals surface area contributed by atoms with Gasteiger partial charge in [-0.05, 0) is 55.0 Å². The van der Waals surface area contributed by atoms with Crippen LogP contribution in [0.2, 0.25) is 0 Å². The zero-order chi connectivity index (χ0) is 21.4. The number of oxazole rings is 1. The number of aryl methyl sites for hydroxylation is 2. The van der Waals surface area contributed by atoms with Gasteiger partial charge in [0.1, 0.15) is 11.3 Å². The Kier molecular flexibility index (Phi) is 5.15. The molecule has 1 aliphatic heterocycles. The number of carbonyl (C=O) groups is 2. The number of rotatable bonds is 2. The van der Waals surface area contributed by atoms with Crippen molar-refractivity contribution >= 4 is 34.4 Å². The number of amides is 2. The van der Waals surface area contributed by atoms with Crippen molar-refractivity contribution in [3.63, 3.8) is 0 Å². The van der Waals surface area contributed by atoms with Crippen molar-refractivity contribution < 1.29 is 14.0 Å². The fourth-order valence-electron chi connectivity index (χ4n) is 3.96. The number of benzene rings is 1. The van der Waals surface area contributed by atoms with Gasteiger partial charge < -0.3 is 20.4 Å². The number of anilines is 2. The standard InChI is InChI=1S/C22H25N5O3/c1-12-4-6-18(15-5-7-19-17(9-15)25-14(3)30-19)27(11-12)22(29)21(28)26-16-8-13(2)20(23)24-10-16/h5,7-10,12,18H,4,6,11H2,1-3H3,(H2,23,24)(H,26,28)/t12-,18-/m0/s1. The van der Waals surface area contributed by atoms with Gasteiger partial charge in [-0.2, -0.15) is 0 Å². The Labute approximate surface area is 174 Å². The van der Waals surface area contributed by atoms with E-state index in [-0.39, 0.29) is 6.04 Å². The fraction of sp³-hybridized carbons (Fsp3) is 0.364. The second-order valence-electron chi connectivity index (χ2n) is 8.00. The highest BCUT2D eigenvalue weighted by Crippen LogP contribution is 2.35. The second-order valence-corrected chi connectivity index (χ2v) is 8.00. The SMILES string of the molecule is Cc1nc2cc([C@@H]3CC[C@H](C)CN3C(=O)C(=O)Nc3cnc(N)c(C)c3)ccc2o1. The van der Waals surface area contributed by atoms with Crippen LogP contribution in [-0.4, -0.2) is 33.2 Å². The molecular formula is C22H25N5O3. The molecule has 4 rings (SSSR count). The van der Waals surface area contributed by atoms with Crippen molar-refractivity contribution in [2.75, 3.05) is 17.6 Å². The molecule has 2 aromatic heterocycles. The second kappa shape index (κ2) is 7.78. The molecule has 2 atom stereocenters. The third kappa shape index (κ3) is 3.85. The summed E-state index contributed by atoms with van der Waals surface area (Å²) in [5.41, 5.74) is 9.32. The number of nitrogens with two attached hydrogens (primary N) is 1. The van der Waals surface area contributed by atoms with Crippen LogP contribution in [0, 0.1) is 19.8 Å². The normalized spacial score (nSPS) is 19.1. The maximum Gasteiger partial charge on any atom is 0.313 e. The van der Waals surface area contributed by atoms with Crippen LogP contribution in [0.1, 0.15) is 42.8 Å². The highest BCUT2D eigenvalue weighted by Gasteiger charge is 2.34. The molecule has 0 aliphatic carbocycles. The van der Waals surface area contributed by atoms with Crippen LogP contribution in [0.4, 0.5) is 11.5 Å². The molecule has 0 bridgehead atoms. The van der Waals surface area contributed by atoms with Crippen LogP contribution in [0.5, 0.6) is 0 Å². The first-order chi connectivity index (χ1) is 14.3. The van der Waals surface area contributed by atoms with Crippen molar-refractivity contribution in [2.45, 2.75) is 39.7 Å². The summed E-state index contributed by atoms with van der Waals surface area (Å²) < 4.78 is 5.55. The van der Waals surface area contributed by atoms with Crippen molar-refractivity contribution in [3.05, 3.63) is 47.5 Å². The lowest BCUT2D eigenvalue weighted by atomic mass is 9.89. The number of fused-ring (bicyclic) bond motifs is 1. The molecule has 8 heteroatoms. The number of piperidine rings is 1. The summed E-state index contributed by atoms with van der Waals surface area (Å²) in [4.78, 5) is 35.9. The molecule has 3 aromatic rings. The molecule has 156 valence electrons. The number of hydrogen-bond donors (Lipinski definition) is 2. The topological polar surface area (TPSA) is 114 Å². The summed E-state index contributed by atoms with van der Waals surface area (Å²) in [7, 11) is 0. The molecule has 0 saturated carbocycles. The van der Waals surface area contributed by atoms with E-state index in [0.29, 0.717) is 35.4 Å². The lowest BCUT2D eigenvalue weighted by Gasteiger charge is -2.38. The van der Waals surface area contributed by atoms with Crippen LogP contribution < -0.4 is 11.1 Å². The van der Waals surface area contributed by atoms with Crippen LogP contribution in [0.25, 0.3) is 11.1 Å². The molecule has 3 N–H and O–H groups in total. The maximum absolute atomic E-state index is 13.1. The van der Waals surface area contributed by atoms with Gasteiger partial charge in [-0.3, -0.25) is 9.59 Å². The number of likely N-dealkylation sites (tertiary alicyclic amines) is 1. The van der Waals surface area contributed by atoms with E-state index in [1.54, 1.807) is 24.8 Å². The zero-order valence-corrected chi connectivity index (χ0v) is 17.3. The van der Waals surface area contributed by atoms with Crippen molar-refractivity contribution in [3.8, 4) is 0 Å². The number of aromatic nitrogens is 2. The Morgan fingerprint density at radius 2 is 2.03 bits per heavy atom. The first-order valence-corrected chi connectivity index (χ1v) is 10.0. The Morgan fingerprint density at radius 1 is 1.23 bits per heavy atom. The van der Waals surface area contributed by atoms with Gasteiger partial charge in [0.15, 0.2) is 11.5 Å². The van der Waals surface area contributed by atoms with Gasteiger partial charge in [-0.25, -0.2) is 9.97 Å². The van der Waals surface area contributed by atoms with Crippen molar-refractivity contribution in [1.29, 1.82) is 0 Å². The van der Waals surface area contributed by atoms with E-state index < -0.39 is 11.8 Å². The molecule has 2 amide bonds. The molecule has 0 spiro atoms. The number of nitrogen functional groups attached to an aromatic ring is 1. The quantitative estimate of drug-likeness (QED) is 0.630. The molecule has 0 radical (unpaired) electrons. The lowest BCUT2D eigenvalue weighted by Crippen LogP contribution is -2.46. The maximum atomic E-state index is 13.1. The van der Waals surface area contributed by atoms with E-state index in [1.165, 1.54) is 6.20 Å². The van der Waals surface area contributed by atoms with E-state index in [9.17, 15) is 9.59 Å². The number of nitrogens with zero attached hydrogens (tertiary/aromatic N) is 3. The molecule has 3 heterocycles. The van der Waals surface area contributed by atoms with Crippen LogP contribution in [0.15, 0.2) is 34.9 Å². The summed E-state index contributed by atoms with van der Waals surface area (Å²) in [6.07, 6.45) is 3.21. The lowest BCUT2D eigenvalue weighted by molar-refractivity contribution is -0.146.